The molecule has 0 bridgehead atoms. The molecule has 1 aliphatic rings. The maximum atomic E-state index is 13.2. The molecule has 39 heavy (non-hydrogen) atoms. The highest BCUT2D eigenvalue weighted by Gasteiger charge is 2.37. The van der Waals surface area contributed by atoms with Gasteiger partial charge in [-0.1, -0.05) is 23.7 Å². The predicted molar refractivity (Wildman–Crippen MR) is 131 cm³/mol. The molecule has 0 unspecified atom stereocenters. The first-order valence-corrected chi connectivity index (χ1v) is 12.0. The van der Waals surface area contributed by atoms with Crippen molar-refractivity contribution in [2.75, 3.05) is 31.2 Å². The topological polar surface area (TPSA) is 63.7 Å². The molecule has 1 aliphatic heterocycles. The molecule has 0 saturated carbocycles. The number of hydrogen-bond acceptors (Lipinski definition) is 5. The van der Waals surface area contributed by atoms with Crippen LogP contribution in [-0.4, -0.2) is 37.2 Å². The van der Waals surface area contributed by atoms with Gasteiger partial charge in [-0.2, -0.15) is 26.3 Å². The summed E-state index contributed by atoms with van der Waals surface area (Å²) in [6.45, 7) is 1.44. The summed E-state index contributed by atoms with van der Waals surface area (Å²) in [5.41, 5.74) is -2.86. The van der Waals surface area contributed by atoms with Gasteiger partial charge in [0.2, 0.25) is 0 Å². The van der Waals surface area contributed by atoms with Crippen LogP contribution in [-0.2, 0) is 30.2 Å². The van der Waals surface area contributed by atoms with Crippen molar-refractivity contribution in [1.29, 1.82) is 0 Å². The van der Waals surface area contributed by atoms with E-state index in [4.69, 9.17) is 21.1 Å². The van der Waals surface area contributed by atoms with Crippen LogP contribution in [0.1, 0.15) is 32.6 Å². The van der Waals surface area contributed by atoms with Crippen LogP contribution in [0.3, 0.4) is 0 Å². The van der Waals surface area contributed by atoms with E-state index in [1.165, 1.54) is 6.20 Å². The van der Waals surface area contributed by atoms with E-state index in [1.54, 1.807) is 30.3 Å². The Hall–Kier alpha value is -3.51. The zero-order valence-corrected chi connectivity index (χ0v) is 21.0. The molecule has 1 saturated heterocycles. The Balaban J connectivity index is 1.58. The Morgan fingerprint density at radius 3 is 2.26 bits per heavy atom. The van der Waals surface area contributed by atoms with Crippen molar-refractivity contribution in [3.05, 3.63) is 87.6 Å². The number of carbonyl (C=O) groups is 1. The quantitative estimate of drug-likeness (QED) is 0.345. The van der Waals surface area contributed by atoms with E-state index in [1.807, 2.05) is 4.90 Å². The number of aromatic nitrogens is 1. The van der Waals surface area contributed by atoms with Crippen LogP contribution in [0, 0.1) is 0 Å². The fraction of sp³-hybridized carbons (Fsp3) is 0.308. The highest BCUT2D eigenvalue weighted by Crippen LogP contribution is 2.36. The molecule has 0 atom stereocenters. The third kappa shape index (κ3) is 7.33. The number of nitrogens with zero attached hydrogens (tertiary/aromatic N) is 2. The molecular weight excluding hydrogens is 552 g/mol. The summed E-state index contributed by atoms with van der Waals surface area (Å²) in [6, 6.07) is 9.50. The second kappa shape index (κ2) is 11.7. The molecule has 1 aromatic heterocycles. The number of alkyl halides is 6. The summed E-state index contributed by atoms with van der Waals surface area (Å²) in [5, 5.41) is 2.74. The molecule has 2 heterocycles. The minimum Gasteiger partial charge on any atom is -0.487 e. The van der Waals surface area contributed by atoms with Gasteiger partial charge in [-0.3, -0.25) is 4.79 Å². The molecule has 4 rings (SSSR count). The number of nitrogens with one attached hydrogen (secondary N) is 1. The van der Waals surface area contributed by atoms with Crippen molar-refractivity contribution in [2.24, 2.45) is 0 Å². The molecule has 0 spiro atoms. The van der Waals surface area contributed by atoms with Crippen molar-refractivity contribution in [3.63, 3.8) is 0 Å². The number of hydrogen-bond donors (Lipinski definition) is 1. The van der Waals surface area contributed by atoms with Crippen LogP contribution in [0.2, 0.25) is 5.02 Å². The Morgan fingerprint density at radius 1 is 1.00 bits per heavy atom. The van der Waals surface area contributed by atoms with E-state index in [0.717, 1.165) is 0 Å². The summed E-state index contributed by atoms with van der Waals surface area (Å²) in [4.78, 5) is 19.3. The van der Waals surface area contributed by atoms with Gasteiger partial charge in [0.15, 0.2) is 0 Å². The first kappa shape index (κ1) is 28.5. The number of anilines is 1. The summed E-state index contributed by atoms with van der Waals surface area (Å²) in [5.74, 6) is 0.166. The number of pyridine rings is 1. The Bertz CT molecular complexity index is 1290. The molecule has 1 amide bonds. The van der Waals surface area contributed by atoms with Crippen LogP contribution in [0.5, 0.6) is 5.75 Å². The van der Waals surface area contributed by atoms with E-state index in [-0.39, 0.29) is 23.8 Å². The molecule has 1 N–H and O–H groups in total. The lowest BCUT2D eigenvalue weighted by Gasteiger charge is -2.28. The lowest BCUT2D eigenvalue weighted by molar-refractivity contribution is -0.143. The lowest BCUT2D eigenvalue weighted by Crippen LogP contribution is -2.37. The van der Waals surface area contributed by atoms with Crippen molar-refractivity contribution in [3.8, 4) is 5.75 Å². The first-order valence-electron chi connectivity index (χ1n) is 11.7. The maximum Gasteiger partial charge on any atom is 0.416 e. The molecule has 2 aromatic carbocycles. The number of amides is 1. The summed E-state index contributed by atoms with van der Waals surface area (Å²) in [7, 11) is 0. The smallest absolute Gasteiger partial charge is 0.416 e. The second-order valence-electron chi connectivity index (χ2n) is 8.61. The van der Waals surface area contributed by atoms with Crippen LogP contribution in [0.25, 0.3) is 0 Å². The number of carbonyl (C=O) groups excluding carboxylic acids is 1. The number of rotatable bonds is 7. The van der Waals surface area contributed by atoms with E-state index in [0.29, 0.717) is 60.6 Å². The van der Waals surface area contributed by atoms with Gasteiger partial charge in [0.25, 0.3) is 5.91 Å². The zero-order chi connectivity index (χ0) is 28.2. The van der Waals surface area contributed by atoms with E-state index < -0.39 is 35.9 Å². The third-order valence-electron chi connectivity index (χ3n) is 5.88. The fourth-order valence-electron chi connectivity index (χ4n) is 3.89. The van der Waals surface area contributed by atoms with Crippen molar-refractivity contribution in [2.45, 2.75) is 25.5 Å². The summed E-state index contributed by atoms with van der Waals surface area (Å²) >= 11 is 6.15. The average Bonchev–Trinajstić information content (AvgIpc) is 2.90. The minimum absolute atomic E-state index is 0.0315. The molecule has 1 fully saturated rings. The van der Waals surface area contributed by atoms with Gasteiger partial charge in [-0.15, -0.1) is 0 Å². The van der Waals surface area contributed by atoms with Crippen molar-refractivity contribution in [1.82, 2.24) is 10.3 Å². The van der Waals surface area contributed by atoms with Gasteiger partial charge in [-0.05, 0) is 42.0 Å². The standard InChI is InChI=1S/C26H22ClF6N3O3/c27-21-3-1-2-4-22(21)39-15-17-11-23(36-5-7-38-8-6-36)34-14-20(17)24(37)35-13-16-9-18(25(28,29)30)12-19(10-16)26(31,32)33/h1-4,9-12,14H,5-8,13,15H2,(H,35,37). The highest BCUT2D eigenvalue weighted by atomic mass is 35.5. The Kier molecular flexibility index (Phi) is 8.55. The minimum atomic E-state index is -5.00. The zero-order valence-electron chi connectivity index (χ0n) is 20.2. The van der Waals surface area contributed by atoms with Gasteiger partial charge in [0.1, 0.15) is 18.2 Å². The van der Waals surface area contributed by atoms with Crippen LogP contribution >= 0.6 is 11.6 Å². The van der Waals surface area contributed by atoms with Gasteiger partial charge >= 0.3 is 12.4 Å². The number of morpholine rings is 1. The molecule has 6 nitrogen and oxygen atoms in total. The molecular formula is C26H22ClF6N3O3. The maximum absolute atomic E-state index is 13.2. The molecule has 13 heteroatoms. The summed E-state index contributed by atoms with van der Waals surface area (Å²) < 4.78 is 90.3. The number of halogens is 7. The molecule has 0 radical (unpaired) electrons. The summed E-state index contributed by atoms with van der Waals surface area (Å²) in [6.07, 6.45) is -8.70. The molecule has 3 aromatic rings. The Labute approximate surface area is 224 Å². The van der Waals surface area contributed by atoms with Crippen molar-refractivity contribution >= 4 is 23.3 Å². The third-order valence-corrected chi connectivity index (χ3v) is 6.19. The normalized spacial score (nSPS) is 14.3. The predicted octanol–water partition coefficient (Wildman–Crippen LogP) is 6.12. The van der Waals surface area contributed by atoms with E-state index >= 15 is 0 Å². The lowest BCUT2D eigenvalue weighted by atomic mass is 10.0. The second-order valence-corrected chi connectivity index (χ2v) is 9.02. The van der Waals surface area contributed by atoms with Gasteiger partial charge in [0, 0.05) is 31.4 Å². The van der Waals surface area contributed by atoms with E-state index in [2.05, 4.69) is 10.3 Å². The Morgan fingerprint density at radius 2 is 1.64 bits per heavy atom. The largest absolute Gasteiger partial charge is 0.487 e. The molecule has 208 valence electrons. The van der Waals surface area contributed by atoms with Crippen LogP contribution < -0.4 is 15.0 Å². The van der Waals surface area contributed by atoms with Crippen LogP contribution in [0.15, 0.2) is 54.7 Å². The number of benzene rings is 2. The highest BCUT2D eigenvalue weighted by molar-refractivity contribution is 6.32. The van der Waals surface area contributed by atoms with Gasteiger partial charge < -0.3 is 19.7 Å². The fourth-order valence-corrected chi connectivity index (χ4v) is 4.08. The van der Waals surface area contributed by atoms with Gasteiger partial charge in [0.05, 0.1) is 34.9 Å². The monoisotopic (exact) mass is 573 g/mol. The van der Waals surface area contributed by atoms with E-state index in [9.17, 15) is 31.1 Å². The van der Waals surface area contributed by atoms with Crippen molar-refractivity contribution < 1.29 is 40.6 Å². The average molecular weight is 574 g/mol. The van der Waals surface area contributed by atoms with Gasteiger partial charge in [-0.25, -0.2) is 4.98 Å². The first-order chi connectivity index (χ1) is 18.4. The molecule has 0 aliphatic carbocycles. The SMILES string of the molecule is O=C(NCc1cc(C(F)(F)F)cc(C(F)(F)F)c1)c1cnc(N2CCOCC2)cc1COc1ccccc1Cl. The number of para-hydroxylation sites is 1. The number of ether oxygens (including phenoxy) is 2. The van der Waals surface area contributed by atoms with Crippen LogP contribution in [0.4, 0.5) is 32.2 Å².